The second kappa shape index (κ2) is 8.44. The monoisotopic (exact) mass is 261 g/mol. The first-order chi connectivity index (χ1) is 5.29. The van der Waals surface area contributed by atoms with E-state index in [4.69, 9.17) is 35.5 Å². The lowest BCUT2D eigenvalue weighted by molar-refractivity contribution is 1.36. The van der Waals surface area contributed by atoms with Crippen molar-refractivity contribution in [3.05, 3.63) is 10.5 Å². The van der Waals surface area contributed by atoms with Gasteiger partial charge in [-0.1, -0.05) is 25.1 Å². The van der Waals surface area contributed by atoms with Crippen LogP contribution in [0.1, 0.15) is 0 Å². The molecule has 0 aromatic rings. The van der Waals surface area contributed by atoms with Crippen LogP contribution in [0.25, 0.3) is 10.5 Å². The third-order valence-electron chi connectivity index (χ3n) is 0.608. The molecular weight excluding hydrogens is 251 g/mol. The number of hydrogen-bond donors (Lipinski definition) is 0. The molecule has 0 radical (unpaired) electrons. The predicted octanol–water partition coefficient (Wildman–Crippen LogP) is 3.69. The zero-order valence-corrected chi connectivity index (χ0v) is 11.7. The summed E-state index contributed by atoms with van der Waals surface area (Å²) < 4.78 is 0. The quantitative estimate of drug-likeness (QED) is 0.425. The zero-order chi connectivity index (χ0) is 10.2. The van der Waals surface area contributed by atoms with Crippen LogP contribution >= 0.6 is 30.1 Å². The molecule has 0 spiro atoms. The summed E-state index contributed by atoms with van der Waals surface area (Å²) in [6.07, 6.45) is 0.712. The Morgan fingerprint density at radius 3 is 1.75 bits per heavy atom. The fraction of sp³-hybridized carbons (Fsp3) is 1.00. The maximum atomic E-state index is 7.91. The fourth-order valence-electron chi connectivity index (χ4n) is 0.244. The molecule has 0 aromatic carbocycles. The maximum Gasteiger partial charge on any atom is 0.643 e. The van der Waals surface area contributed by atoms with Crippen molar-refractivity contribution < 1.29 is 0 Å². The van der Waals surface area contributed by atoms with Gasteiger partial charge in [0.1, 0.15) is 0 Å². The van der Waals surface area contributed by atoms with Gasteiger partial charge in [0, 0.05) is 6.17 Å². The Balaban J connectivity index is 0. The van der Waals surface area contributed by atoms with Crippen LogP contribution in [0.15, 0.2) is 0 Å². The highest BCUT2D eigenvalue weighted by Gasteiger charge is 2.11. The first-order valence-electron chi connectivity index (χ1n) is 3.22. The molecule has 0 unspecified atom stereocenters. The summed E-state index contributed by atoms with van der Waals surface area (Å²) in [6.45, 7) is 6.51. The van der Waals surface area contributed by atoms with Crippen LogP contribution in [-0.2, 0) is 0 Å². The van der Waals surface area contributed by atoms with E-state index >= 15 is 0 Å². The second-order valence-corrected chi connectivity index (χ2v) is 15.1. The Morgan fingerprint density at radius 1 is 1.33 bits per heavy atom. The highest BCUT2D eigenvalue weighted by molar-refractivity contribution is 7.54. The van der Waals surface area contributed by atoms with Gasteiger partial charge in [-0.2, -0.15) is 0 Å². The van der Waals surface area contributed by atoms with Crippen molar-refractivity contribution >= 4 is 49.6 Å². The van der Waals surface area contributed by atoms with Crippen molar-refractivity contribution in [3.8, 4) is 0 Å². The van der Waals surface area contributed by atoms with Crippen molar-refractivity contribution in [2.75, 3.05) is 6.17 Å². The molecule has 0 rings (SSSR count). The van der Waals surface area contributed by atoms with Crippen LogP contribution in [0.5, 0.6) is 0 Å². The van der Waals surface area contributed by atoms with Gasteiger partial charge in [0.05, 0.1) is 13.2 Å². The van der Waals surface area contributed by atoms with Gasteiger partial charge < -0.3 is 0 Å². The molecule has 3 nitrogen and oxygen atoms in total. The van der Waals surface area contributed by atoms with Crippen molar-refractivity contribution in [3.63, 3.8) is 0 Å². The van der Waals surface area contributed by atoms with Gasteiger partial charge >= 0.3 is 11.4 Å². The molecule has 0 heterocycles. The van der Waals surface area contributed by atoms with Gasteiger partial charge in [0.15, 0.2) is 0 Å². The molecule has 0 aliphatic heterocycles. The lowest BCUT2D eigenvalue weighted by Gasteiger charge is -2.10. The van der Waals surface area contributed by atoms with Crippen molar-refractivity contribution in [1.29, 1.82) is 5.39 Å². The third kappa shape index (κ3) is 30.8. The molecule has 0 N–H and O–H groups in total. The first kappa shape index (κ1) is 15.3. The Morgan fingerprint density at radius 2 is 1.67 bits per heavy atom. The summed E-state index contributed by atoms with van der Waals surface area (Å²) in [5, 5.41) is 10.6. The van der Waals surface area contributed by atoms with E-state index in [0.717, 1.165) is 0 Å². The number of rotatable bonds is 2. The van der Waals surface area contributed by atoms with Crippen LogP contribution in [0.4, 0.5) is 0 Å². The van der Waals surface area contributed by atoms with Gasteiger partial charge in [-0.15, -0.1) is 5.39 Å². The minimum Gasteiger partial charge on any atom is -0.214 e. The van der Waals surface area contributed by atoms with Crippen molar-refractivity contribution in [2.24, 2.45) is 0 Å². The molecule has 0 amide bonds. The van der Waals surface area contributed by atoms with E-state index in [1.165, 1.54) is 0 Å². The number of halogens is 3. The number of hydrogen-bond acceptors (Lipinski definition) is 1. The molecule has 0 bridgehead atoms. The first-order valence-corrected chi connectivity index (χ1v) is 12.2. The lowest BCUT2D eigenvalue weighted by atomic mass is 11.5. The van der Waals surface area contributed by atoms with E-state index in [1.807, 2.05) is 0 Å². The molecule has 0 saturated carbocycles. The largest absolute Gasteiger partial charge is 0.643 e. The van der Waals surface area contributed by atoms with Gasteiger partial charge in [-0.3, -0.25) is 0 Å². The van der Waals surface area contributed by atoms with Gasteiger partial charge in [0.25, 0.3) is 0 Å². The SMILES string of the molecule is C[Si](C)(C)C[N-][N+]#N.[Cl][Al]([Cl])[Cl]. The molecule has 0 saturated heterocycles. The van der Waals surface area contributed by atoms with Gasteiger partial charge in [0.2, 0.25) is 0 Å². The fourth-order valence-corrected chi connectivity index (χ4v) is 0.731. The van der Waals surface area contributed by atoms with Crippen molar-refractivity contribution in [2.45, 2.75) is 19.6 Å². The molecule has 0 atom stereocenters. The molecule has 12 heavy (non-hydrogen) atoms. The number of azide groups is 1. The van der Waals surface area contributed by atoms with E-state index in [9.17, 15) is 0 Å². The molecule has 0 aliphatic carbocycles. The standard InChI is InChI=1S/C4H11N3Si.Al.3ClH/c1-8(2,3)4-6-7-5;;;;/h4H2,1-3H3;;3*1H/q;+3;;;/p-3. The van der Waals surface area contributed by atoms with Crippen LogP contribution in [0.3, 0.4) is 0 Å². The summed E-state index contributed by atoms with van der Waals surface area (Å²) in [4.78, 5) is 0. The van der Waals surface area contributed by atoms with Crippen LogP contribution in [0, 0.1) is 5.39 Å². The molecule has 0 aliphatic rings. The normalized spacial score (nSPS) is 9.08. The Bertz CT molecular complexity index is 141. The highest BCUT2D eigenvalue weighted by atomic mass is 35.8. The predicted molar refractivity (Wildman–Crippen MR) is 60.0 cm³/mol. The van der Waals surface area contributed by atoms with Gasteiger partial charge in [-0.05, 0) is 0 Å². The van der Waals surface area contributed by atoms with E-state index in [2.05, 4.69) is 30.2 Å². The Labute approximate surface area is 91.0 Å². The summed E-state index contributed by atoms with van der Waals surface area (Å²) in [6, 6.07) is 0. The molecule has 8 heteroatoms. The average Bonchev–Trinajstić information content (AvgIpc) is 1.80. The van der Waals surface area contributed by atoms with E-state index in [0.29, 0.717) is 6.17 Å². The van der Waals surface area contributed by atoms with Crippen LogP contribution in [-0.4, -0.2) is 25.6 Å². The molecule has 70 valence electrons. The minimum atomic E-state index is -1.72. The molecule has 0 fully saturated rings. The zero-order valence-electron chi connectivity index (χ0n) is 7.26. The summed E-state index contributed by atoms with van der Waals surface area (Å²) in [7, 11) is 13.7. The Kier molecular flexibility index (Phi) is 10.8. The van der Waals surface area contributed by atoms with Crippen LogP contribution < -0.4 is 0 Å². The average molecular weight is 263 g/mol. The van der Waals surface area contributed by atoms with E-state index < -0.39 is 19.5 Å². The summed E-state index contributed by atoms with van der Waals surface area (Å²) in [5.74, 6) is 0. The highest BCUT2D eigenvalue weighted by Crippen LogP contribution is 2.03. The summed E-state index contributed by atoms with van der Waals surface area (Å²) in [5.41, 5.74) is 3.49. The summed E-state index contributed by atoms with van der Waals surface area (Å²) >= 11 is -1.72. The van der Waals surface area contributed by atoms with Crippen LogP contribution in [0.2, 0.25) is 19.6 Å². The number of diazo groups is 1. The Hall–Kier alpha value is 0.839. The lowest BCUT2D eigenvalue weighted by Crippen LogP contribution is -2.24. The number of nitrogens with zero attached hydrogens (tertiary/aromatic N) is 3. The minimum absolute atomic E-state index is 0.712. The maximum absolute atomic E-state index is 7.91. The smallest absolute Gasteiger partial charge is 0.214 e. The van der Waals surface area contributed by atoms with Gasteiger partial charge in [-0.25, -0.2) is 30.1 Å². The topological polar surface area (TPSA) is 42.2 Å². The second-order valence-electron chi connectivity index (χ2n) is 3.20. The van der Waals surface area contributed by atoms with E-state index in [1.54, 1.807) is 0 Å². The van der Waals surface area contributed by atoms with Crippen molar-refractivity contribution in [1.82, 2.24) is 0 Å². The molecular formula is C4H11AlCl3N3Si. The van der Waals surface area contributed by atoms with E-state index in [-0.39, 0.29) is 0 Å². The molecule has 0 aromatic heterocycles. The third-order valence-corrected chi connectivity index (χ3v) is 1.70.